The van der Waals surface area contributed by atoms with Crippen LogP contribution in [-0.2, 0) is 0 Å². The SMILES string of the molecule is COc1csc(C(=O)C2=CCCCC2)c1. The van der Waals surface area contributed by atoms with E-state index in [0.717, 1.165) is 35.5 Å². The number of allylic oxidation sites excluding steroid dienone is 2. The highest BCUT2D eigenvalue weighted by Crippen LogP contribution is 2.27. The van der Waals surface area contributed by atoms with Crippen molar-refractivity contribution in [2.75, 3.05) is 7.11 Å². The fourth-order valence-electron chi connectivity index (χ4n) is 1.75. The average molecular weight is 222 g/mol. The Bertz CT molecular complexity index is 390. The van der Waals surface area contributed by atoms with Gasteiger partial charge in [-0.25, -0.2) is 0 Å². The van der Waals surface area contributed by atoms with Crippen LogP contribution in [0.1, 0.15) is 35.4 Å². The van der Waals surface area contributed by atoms with Crippen molar-refractivity contribution in [1.29, 1.82) is 0 Å². The van der Waals surface area contributed by atoms with Gasteiger partial charge >= 0.3 is 0 Å². The standard InChI is InChI=1S/C12H14O2S/c1-14-10-7-11(15-8-10)12(13)9-5-3-2-4-6-9/h5,7-8H,2-4,6H2,1H3. The molecule has 0 saturated heterocycles. The molecule has 0 bridgehead atoms. The van der Waals surface area contributed by atoms with E-state index in [1.807, 2.05) is 11.4 Å². The molecule has 2 rings (SSSR count). The number of carbonyl (C=O) groups excluding carboxylic acids is 1. The Hall–Kier alpha value is -1.09. The number of ketones is 1. The molecule has 1 aromatic rings. The van der Waals surface area contributed by atoms with Gasteiger partial charge in [0.2, 0.25) is 0 Å². The summed E-state index contributed by atoms with van der Waals surface area (Å²) in [5, 5.41) is 1.87. The van der Waals surface area contributed by atoms with E-state index in [-0.39, 0.29) is 5.78 Å². The molecule has 0 spiro atoms. The highest BCUT2D eigenvalue weighted by atomic mass is 32.1. The zero-order valence-corrected chi connectivity index (χ0v) is 9.60. The number of hydrogen-bond donors (Lipinski definition) is 0. The summed E-state index contributed by atoms with van der Waals surface area (Å²) in [5.74, 6) is 0.961. The van der Waals surface area contributed by atoms with E-state index in [1.54, 1.807) is 7.11 Å². The van der Waals surface area contributed by atoms with Crippen LogP contribution in [0.3, 0.4) is 0 Å². The minimum absolute atomic E-state index is 0.183. The van der Waals surface area contributed by atoms with Gasteiger partial charge < -0.3 is 4.74 Å². The van der Waals surface area contributed by atoms with Crippen molar-refractivity contribution in [3.05, 3.63) is 28.0 Å². The van der Waals surface area contributed by atoms with E-state index in [9.17, 15) is 4.79 Å². The maximum atomic E-state index is 12.0. The number of thiophene rings is 1. The lowest BCUT2D eigenvalue weighted by Gasteiger charge is -2.09. The summed E-state index contributed by atoms with van der Waals surface area (Å²) >= 11 is 1.46. The van der Waals surface area contributed by atoms with Crippen LogP contribution in [0, 0.1) is 0 Å². The summed E-state index contributed by atoms with van der Waals surface area (Å²) in [7, 11) is 1.62. The maximum Gasteiger partial charge on any atom is 0.198 e. The van der Waals surface area contributed by atoms with Crippen LogP contribution in [-0.4, -0.2) is 12.9 Å². The molecule has 0 aliphatic heterocycles. The number of Topliss-reactive ketones (excluding diaryl/α,β-unsaturated/α-hetero) is 1. The lowest BCUT2D eigenvalue weighted by molar-refractivity contribution is 0.103. The largest absolute Gasteiger partial charge is 0.496 e. The van der Waals surface area contributed by atoms with Gasteiger partial charge in [-0.1, -0.05) is 6.08 Å². The molecule has 15 heavy (non-hydrogen) atoms. The second-order valence-electron chi connectivity index (χ2n) is 3.66. The van der Waals surface area contributed by atoms with Crippen LogP contribution in [0.4, 0.5) is 0 Å². The molecular formula is C12H14O2S. The van der Waals surface area contributed by atoms with Gasteiger partial charge in [-0.05, 0) is 31.3 Å². The third-order valence-electron chi connectivity index (χ3n) is 2.62. The zero-order chi connectivity index (χ0) is 10.7. The first-order valence-corrected chi connectivity index (χ1v) is 6.05. The van der Waals surface area contributed by atoms with Crippen LogP contribution in [0.15, 0.2) is 23.1 Å². The summed E-state index contributed by atoms with van der Waals surface area (Å²) in [6, 6.07) is 1.82. The van der Waals surface area contributed by atoms with E-state index in [1.165, 1.54) is 17.8 Å². The molecule has 0 saturated carbocycles. The van der Waals surface area contributed by atoms with Gasteiger partial charge in [0.15, 0.2) is 5.78 Å². The van der Waals surface area contributed by atoms with Crippen molar-refractivity contribution in [3.8, 4) is 5.75 Å². The van der Waals surface area contributed by atoms with Gasteiger partial charge in [-0.2, -0.15) is 0 Å². The zero-order valence-electron chi connectivity index (χ0n) is 8.79. The van der Waals surface area contributed by atoms with Crippen LogP contribution in [0.25, 0.3) is 0 Å². The molecule has 0 unspecified atom stereocenters. The normalized spacial score (nSPS) is 15.9. The summed E-state index contributed by atoms with van der Waals surface area (Å²) in [6.07, 6.45) is 6.41. The van der Waals surface area contributed by atoms with Gasteiger partial charge in [0, 0.05) is 11.4 Å². The quantitative estimate of drug-likeness (QED) is 0.732. The molecule has 1 aliphatic carbocycles. The van der Waals surface area contributed by atoms with Crippen molar-refractivity contribution in [2.45, 2.75) is 25.7 Å². The van der Waals surface area contributed by atoms with Crippen molar-refractivity contribution < 1.29 is 9.53 Å². The van der Waals surface area contributed by atoms with Crippen LogP contribution in [0.2, 0.25) is 0 Å². The number of ether oxygens (including phenoxy) is 1. The molecule has 1 aliphatic rings. The molecule has 0 N–H and O–H groups in total. The van der Waals surface area contributed by atoms with Crippen molar-refractivity contribution in [3.63, 3.8) is 0 Å². The Labute approximate surface area is 93.6 Å². The first-order chi connectivity index (χ1) is 7.31. The third kappa shape index (κ3) is 2.29. The molecule has 1 aromatic heterocycles. The monoisotopic (exact) mass is 222 g/mol. The Balaban J connectivity index is 2.16. The van der Waals surface area contributed by atoms with Crippen LogP contribution >= 0.6 is 11.3 Å². The lowest BCUT2D eigenvalue weighted by atomic mass is 9.96. The maximum absolute atomic E-state index is 12.0. The van der Waals surface area contributed by atoms with E-state index in [0.29, 0.717) is 0 Å². The van der Waals surface area contributed by atoms with Crippen molar-refractivity contribution >= 4 is 17.1 Å². The summed E-state index contributed by atoms with van der Waals surface area (Å²) in [6.45, 7) is 0. The van der Waals surface area contributed by atoms with Gasteiger partial charge in [0.05, 0.1) is 12.0 Å². The first kappa shape index (κ1) is 10.4. The molecule has 0 aromatic carbocycles. The molecule has 2 nitrogen and oxygen atoms in total. The molecule has 1 heterocycles. The number of hydrogen-bond acceptors (Lipinski definition) is 3. The smallest absolute Gasteiger partial charge is 0.198 e. The van der Waals surface area contributed by atoms with E-state index in [4.69, 9.17) is 4.74 Å². The Morgan fingerprint density at radius 3 is 2.93 bits per heavy atom. The predicted octanol–water partition coefficient (Wildman–Crippen LogP) is 3.44. The average Bonchev–Trinajstić information content (AvgIpc) is 2.78. The second kappa shape index (κ2) is 4.62. The summed E-state index contributed by atoms with van der Waals surface area (Å²) in [4.78, 5) is 12.8. The third-order valence-corrected chi connectivity index (χ3v) is 3.52. The Kier molecular flexibility index (Phi) is 3.21. The van der Waals surface area contributed by atoms with Gasteiger partial charge in [-0.3, -0.25) is 4.79 Å². The highest BCUT2D eigenvalue weighted by Gasteiger charge is 2.16. The van der Waals surface area contributed by atoms with E-state index >= 15 is 0 Å². The van der Waals surface area contributed by atoms with Crippen molar-refractivity contribution in [1.82, 2.24) is 0 Å². The fourth-order valence-corrected chi connectivity index (χ4v) is 2.58. The molecule has 0 fully saturated rings. The second-order valence-corrected chi connectivity index (χ2v) is 4.57. The molecule has 0 radical (unpaired) electrons. The summed E-state index contributed by atoms with van der Waals surface area (Å²) in [5.41, 5.74) is 0.978. The number of methoxy groups -OCH3 is 1. The van der Waals surface area contributed by atoms with Gasteiger partial charge in [0.25, 0.3) is 0 Å². The predicted molar refractivity (Wildman–Crippen MR) is 61.8 cm³/mol. The minimum atomic E-state index is 0.183. The van der Waals surface area contributed by atoms with Crippen LogP contribution < -0.4 is 4.74 Å². The highest BCUT2D eigenvalue weighted by molar-refractivity contribution is 7.12. The molecular weight excluding hydrogens is 208 g/mol. The minimum Gasteiger partial charge on any atom is -0.496 e. The Morgan fingerprint density at radius 2 is 2.33 bits per heavy atom. The first-order valence-electron chi connectivity index (χ1n) is 5.17. The van der Waals surface area contributed by atoms with Gasteiger partial charge in [0.1, 0.15) is 5.75 Å². The van der Waals surface area contributed by atoms with E-state index < -0.39 is 0 Å². The molecule has 0 atom stereocenters. The van der Waals surface area contributed by atoms with Crippen molar-refractivity contribution in [2.24, 2.45) is 0 Å². The van der Waals surface area contributed by atoms with Crippen LogP contribution in [0.5, 0.6) is 5.75 Å². The van der Waals surface area contributed by atoms with Gasteiger partial charge in [-0.15, -0.1) is 11.3 Å². The number of carbonyl (C=O) groups is 1. The number of rotatable bonds is 3. The summed E-state index contributed by atoms with van der Waals surface area (Å²) < 4.78 is 5.07. The lowest BCUT2D eigenvalue weighted by Crippen LogP contribution is -2.04. The Morgan fingerprint density at radius 1 is 1.47 bits per heavy atom. The fraction of sp³-hybridized carbons (Fsp3) is 0.417. The topological polar surface area (TPSA) is 26.3 Å². The molecule has 3 heteroatoms. The molecule has 0 amide bonds. The molecule has 80 valence electrons. The van der Waals surface area contributed by atoms with E-state index in [2.05, 4.69) is 6.08 Å².